The molecule has 0 amide bonds. The molecule has 1 saturated heterocycles. The number of carbonyl (C=O) groups is 1. The van der Waals surface area contributed by atoms with E-state index in [2.05, 4.69) is 0 Å². The number of hydrogen-bond acceptors (Lipinski definition) is 3. The fourth-order valence-electron chi connectivity index (χ4n) is 2.84. The third-order valence-electron chi connectivity index (χ3n) is 3.82. The number of carboxylic acid groups (broad SMARTS) is 1. The molecule has 0 aliphatic carbocycles. The van der Waals surface area contributed by atoms with Crippen LogP contribution in [0.2, 0.25) is 0 Å². The second kappa shape index (κ2) is 4.58. The third kappa shape index (κ3) is 2.80. The van der Waals surface area contributed by atoms with Crippen LogP contribution in [0.15, 0.2) is 0 Å². The highest BCUT2D eigenvalue weighted by Crippen LogP contribution is 2.42. The highest BCUT2D eigenvalue weighted by Gasteiger charge is 2.50. The van der Waals surface area contributed by atoms with Crippen LogP contribution < -0.4 is 0 Å². The summed E-state index contributed by atoms with van der Waals surface area (Å²) in [7, 11) is 0. The molecule has 0 unspecified atom stereocenters. The molecule has 1 aliphatic rings. The molecule has 0 aromatic carbocycles. The Morgan fingerprint density at radius 1 is 1.35 bits per heavy atom. The summed E-state index contributed by atoms with van der Waals surface area (Å²) >= 11 is 0. The van der Waals surface area contributed by atoms with E-state index < -0.39 is 29.2 Å². The molecule has 1 heterocycles. The van der Waals surface area contributed by atoms with Crippen molar-refractivity contribution in [2.24, 2.45) is 11.8 Å². The van der Waals surface area contributed by atoms with E-state index in [0.717, 1.165) is 0 Å². The third-order valence-corrected chi connectivity index (χ3v) is 3.82. The van der Waals surface area contributed by atoms with Crippen LogP contribution in [0.4, 0.5) is 0 Å². The van der Waals surface area contributed by atoms with E-state index in [1.54, 1.807) is 13.8 Å². The molecule has 0 radical (unpaired) electrons. The summed E-state index contributed by atoms with van der Waals surface area (Å²) in [6.45, 7) is 9.33. The largest absolute Gasteiger partial charge is 0.481 e. The van der Waals surface area contributed by atoms with Crippen LogP contribution in [0.5, 0.6) is 0 Å². The molecule has 17 heavy (non-hydrogen) atoms. The van der Waals surface area contributed by atoms with Gasteiger partial charge < -0.3 is 14.9 Å². The van der Waals surface area contributed by atoms with E-state index >= 15 is 0 Å². The lowest BCUT2D eigenvalue weighted by Gasteiger charge is -2.49. The molecule has 100 valence electrons. The summed E-state index contributed by atoms with van der Waals surface area (Å²) in [6, 6.07) is 0. The first kappa shape index (κ1) is 14.5. The van der Waals surface area contributed by atoms with Crippen molar-refractivity contribution in [3.63, 3.8) is 0 Å². The highest BCUT2D eigenvalue weighted by atomic mass is 16.5. The van der Waals surface area contributed by atoms with Crippen LogP contribution >= 0.6 is 0 Å². The molecule has 1 fully saturated rings. The number of carboxylic acids is 1. The van der Waals surface area contributed by atoms with E-state index in [-0.39, 0.29) is 5.92 Å². The van der Waals surface area contributed by atoms with Gasteiger partial charge in [0.2, 0.25) is 0 Å². The van der Waals surface area contributed by atoms with E-state index in [4.69, 9.17) is 9.84 Å². The molecular formula is C13H24O4. The molecule has 0 spiro atoms. The number of rotatable bonds is 3. The van der Waals surface area contributed by atoms with Gasteiger partial charge in [-0.15, -0.1) is 0 Å². The van der Waals surface area contributed by atoms with Crippen molar-refractivity contribution >= 4 is 5.97 Å². The predicted molar refractivity (Wildman–Crippen MR) is 64.8 cm³/mol. The van der Waals surface area contributed by atoms with Gasteiger partial charge in [0, 0.05) is 0 Å². The Morgan fingerprint density at radius 2 is 1.88 bits per heavy atom. The van der Waals surface area contributed by atoms with E-state index in [1.807, 2.05) is 20.8 Å². The second-order valence-corrected chi connectivity index (χ2v) is 6.14. The number of aliphatic carboxylic acids is 1. The molecule has 4 nitrogen and oxygen atoms in total. The molecule has 4 heteroatoms. The lowest BCUT2D eigenvalue weighted by Crippen LogP contribution is -2.57. The zero-order valence-electron chi connectivity index (χ0n) is 11.4. The Bertz CT molecular complexity index is 298. The van der Waals surface area contributed by atoms with Gasteiger partial charge >= 0.3 is 5.97 Å². The van der Waals surface area contributed by atoms with Crippen molar-refractivity contribution in [3.05, 3.63) is 0 Å². The summed E-state index contributed by atoms with van der Waals surface area (Å²) in [5.74, 6) is -1.23. The van der Waals surface area contributed by atoms with Gasteiger partial charge in [0.15, 0.2) is 0 Å². The monoisotopic (exact) mass is 244 g/mol. The Balaban J connectivity index is 2.88. The lowest BCUT2D eigenvalue weighted by molar-refractivity contribution is -0.238. The molecular weight excluding hydrogens is 220 g/mol. The Hall–Kier alpha value is -0.610. The Kier molecular flexibility index (Phi) is 3.89. The van der Waals surface area contributed by atoms with Gasteiger partial charge in [-0.3, -0.25) is 4.79 Å². The van der Waals surface area contributed by atoms with Crippen molar-refractivity contribution in [3.8, 4) is 0 Å². The van der Waals surface area contributed by atoms with Gasteiger partial charge in [-0.05, 0) is 39.5 Å². The number of ether oxygens (including phenoxy) is 1. The second-order valence-electron chi connectivity index (χ2n) is 6.14. The van der Waals surface area contributed by atoms with Crippen molar-refractivity contribution in [2.45, 2.75) is 64.8 Å². The topological polar surface area (TPSA) is 66.8 Å². The SMILES string of the molecule is CC(C)[C@H](O)[C@]1(C)CC[C@@H](C(=O)O)C(C)(C)O1. The zero-order valence-corrected chi connectivity index (χ0v) is 11.4. The summed E-state index contributed by atoms with van der Waals surface area (Å²) in [5.41, 5.74) is -1.39. The maximum absolute atomic E-state index is 11.1. The summed E-state index contributed by atoms with van der Waals surface area (Å²) < 4.78 is 5.93. The summed E-state index contributed by atoms with van der Waals surface area (Å²) in [6.07, 6.45) is 0.548. The minimum absolute atomic E-state index is 0.0946. The van der Waals surface area contributed by atoms with Crippen molar-refractivity contribution in [1.82, 2.24) is 0 Å². The zero-order chi connectivity index (χ0) is 13.4. The van der Waals surface area contributed by atoms with Crippen LogP contribution in [-0.2, 0) is 9.53 Å². The van der Waals surface area contributed by atoms with E-state index in [1.165, 1.54) is 0 Å². The van der Waals surface area contributed by atoms with Crippen molar-refractivity contribution < 1.29 is 19.7 Å². The average molecular weight is 244 g/mol. The van der Waals surface area contributed by atoms with Gasteiger partial charge in [-0.25, -0.2) is 0 Å². The molecule has 0 aromatic heterocycles. The lowest BCUT2D eigenvalue weighted by atomic mass is 9.75. The van der Waals surface area contributed by atoms with Crippen LogP contribution in [-0.4, -0.2) is 33.5 Å². The van der Waals surface area contributed by atoms with Crippen molar-refractivity contribution in [2.75, 3.05) is 0 Å². The van der Waals surface area contributed by atoms with Crippen LogP contribution in [0.1, 0.15) is 47.5 Å². The quantitative estimate of drug-likeness (QED) is 0.797. The van der Waals surface area contributed by atoms with Crippen LogP contribution in [0.3, 0.4) is 0 Å². The summed E-state index contributed by atoms with van der Waals surface area (Å²) in [4.78, 5) is 11.1. The standard InChI is InChI=1S/C13H24O4/c1-8(2)10(14)13(5)7-6-9(11(15)16)12(3,4)17-13/h8-10,14H,6-7H2,1-5H3,(H,15,16)/t9-,10-,13-/m0/s1. The fourth-order valence-corrected chi connectivity index (χ4v) is 2.84. The van der Waals surface area contributed by atoms with Gasteiger partial charge in [0.1, 0.15) is 0 Å². The molecule has 1 rings (SSSR count). The van der Waals surface area contributed by atoms with Crippen molar-refractivity contribution in [1.29, 1.82) is 0 Å². The van der Waals surface area contributed by atoms with E-state index in [0.29, 0.717) is 12.8 Å². The predicted octanol–water partition coefficient (Wildman–Crippen LogP) is 2.05. The average Bonchev–Trinajstić information content (AvgIpc) is 2.13. The first-order valence-electron chi connectivity index (χ1n) is 6.21. The molecule has 0 bridgehead atoms. The molecule has 0 aromatic rings. The Labute approximate surface area is 103 Å². The minimum atomic E-state index is -0.823. The number of aliphatic hydroxyl groups is 1. The van der Waals surface area contributed by atoms with Crippen LogP contribution in [0, 0.1) is 11.8 Å². The summed E-state index contributed by atoms with van der Waals surface area (Å²) in [5, 5.41) is 19.3. The smallest absolute Gasteiger partial charge is 0.309 e. The molecule has 1 aliphatic heterocycles. The van der Waals surface area contributed by atoms with Gasteiger partial charge in [0.25, 0.3) is 0 Å². The normalized spacial score (nSPS) is 34.6. The highest BCUT2D eigenvalue weighted by molar-refractivity contribution is 5.71. The minimum Gasteiger partial charge on any atom is -0.481 e. The maximum Gasteiger partial charge on any atom is 0.309 e. The van der Waals surface area contributed by atoms with Gasteiger partial charge in [-0.1, -0.05) is 13.8 Å². The van der Waals surface area contributed by atoms with Gasteiger partial charge in [0.05, 0.1) is 23.2 Å². The number of hydrogen-bond donors (Lipinski definition) is 2. The maximum atomic E-state index is 11.1. The van der Waals surface area contributed by atoms with Gasteiger partial charge in [-0.2, -0.15) is 0 Å². The molecule has 3 atom stereocenters. The van der Waals surface area contributed by atoms with Crippen LogP contribution in [0.25, 0.3) is 0 Å². The molecule has 2 N–H and O–H groups in total. The first-order valence-corrected chi connectivity index (χ1v) is 6.21. The Morgan fingerprint density at radius 3 is 2.24 bits per heavy atom. The number of aliphatic hydroxyl groups excluding tert-OH is 1. The molecule has 0 saturated carbocycles. The first-order chi connectivity index (χ1) is 7.60. The fraction of sp³-hybridized carbons (Fsp3) is 0.923. The van der Waals surface area contributed by atoms with E-state index in [9.17, 15) is 9.90 Å².